The minimum atomic E-state index is -0.329. The molecule has 1 atom stereocenters. The molecule has 1 aliphatic rings. The number of ether oxygens (including phenoxy) is 1. The molecule has 1 aliphatic heterocycles. The van der Waals surface area contributed by atoms with E-state index in [1.165, 1.54) is 0 Å². The van der Waals surface area contributed by atoms with E-state index in [0.29, 0.717) is 11.1 Å². The van der Waals surface area contributed by atoms with E-state index in [4.69, 9.17) is 4.74 Å². The number of aromatic nitrogens is 1. The minimum absolute atomic E-state index is 0.0130. The van der Waals surface area contributed by atoms with Gasteiger partial charge in [-0.2, -0.15) is 10.5 Å². The van der Waals surface area contributed by atoms with Gasteiger partial charge >= 0.3 is 0 Å². The second-order valence-electron chi connectivity index (χ2n) is 7.03. The lowest BCUT2D eigenvalue weighted by Gasteiger charge is -2.38. The number of rotatable bonds is 1. The Bertz CT molecular complexity index is 1060. The van der Waals surface area contributed by atoms with Crippen LogP contribution in [0.2, 0.25) is 0 Å². The normalized spacial score (nSPS) is 18.0. The summed E-state index contributed by atoms with van der Waals surface area (Å²) in [6.07, 6.45) is 2.68. The third-order valence-corrected chi connectivity index (χ3v) is 4.77. The maximum atomic E-state index is 9.50. The maximum absolute atomic E-state index is 9.50. The molecule has 1 aromatic heterocycles. The van der Waals surface area contributed by atoms with Crippen molar-refractivity contribution in [2.75, 3.05) is 0 Å². The molecular weight excluding hydrogens is 310 g/mol. The molecule has 0 amide bonds. The lowest BCUT2D eigenvalue weighted by atomic mass is 9.88. The molecule has 4 heteroatoms. The van der Waals surface area contributed by atoms with Gasteiger partial charge in [0.25, 0.3) is 0 Å². The predicted octanol–water partition coefficient (Wildman–Crippen LogP) is 4.54. The third-order valence-electron chi connectivity index (χ3n) is 4.77. The Morgan fingerprint density at radius 2 is 1.92 bits per heavy atom. The molecule has 0 bridgehead atoms. The number of nitrogens with zero attached hydrogens (tertiary/aromatic N) is 3. The molecule has 0 N–H and O–H groups in total. The van der Waals surface area contributed by atoms with Crippen LogP contribution in [-0.2, 0) is 0 Å². The second kappa shape index (κ2) is 5.40. The van der Waals surface area contributed by atoms with Gasteiger partial charge in [-0.3, -0.25) is 0 Å². The quantitative estimate of drug-likeness (QED) is 0.659. The third kappa shape index (κ3) is 2.44. The van der Waals surface area contributed by atoms with Crippen LogP contribution in [0.1, 0.15) is 43.0 Å². The lowest BCUT2D eigenvalue weighted by molar-refractivity contribution is 0.0678. The number of fused-ring (bicyclic) bond motifs is 2. The molecule has 0 saturated heterocycles. The first kappa shape index (κ1) is 15.3. The summed E-state index contributed by atoms with van der Waals surface area (Å²) in [5.41, 5.74) is 2.96. The summed E-state index contributed by atoms with van der Waals surface area (Å²) in [5, 5.41) is 19.7. The molecule has 1 unspecified atom stereocenters. The van der Waals surface area contributed by atoms with Gasteiger partial charge in [-0.05, 0) is 38.1 Å². The number of hydrogen-bond donors (Lipinski definition) is 0. The van der Waals surface area contributed by atoms with Crippen LogP contribution in [0.15, 0.2) is 48.7 Å². The van der Waals surface area contributed by atoms with E-state index < -0.39 is 0 Å². The van der Waals surface area contributed by atoms with Crippen LogP contribution in [0, 0.1) is 22.7 Å². The van der Waals surface area contributed by atoms with Crippen molar-refractivity contribution in [2.45, 2.75) is 31.9 Å². The zero-order chi connectivity index (χ0) is 17.6. The van der Waals surface area contributed by atoms with Crippen molar-refractivity contribution in [1.82, 2.24) is 4.57 Å². The second-order valence-corrected chi connectivity index (χ2v) is 7.03. The van der Waals surface area contributed by atoms with Crippen LogP contribution in [-0.4, -0.2) is 10.2 Å². The topological polar surface area (TPSA) is 61.7 Å². The fourth-order valence-corrected chi connectivity index (χ4v) is 3.69. The van der Waals surface area contributed by atoms with E-state index in [9.17, 15) is 10.5 Å². The molecule has 25 heavy (non-hydrogen) atoms. The standard InChI is InChI=1S/C21H17N3O/c1-21(2)10-19(17-9-14(11-22)7-8-20(17)25-21)24-13-15(12-23)16-5-3-4-6-18(16)24/h3-9,13,19H,10H2,1-2H3. The van der Waals surface area contributed by atoms with Crippen LogP contribution in [0.25, 0.3) is 10.9 Å². The molecule has 4 nitrogen and oxygen atoms in total. The summed E-state index contributed by atoms with van der Waals surface area (Å²) < 4.78 is 8.28. The summed E-state index contributed by atoms with van der Waals surface area (Å²) in [6.45, 7) is 4.13. The van der Waals surface area contributed by atoms with E-state index in [2.05, 4.69) is 30.6 Å². The first-order valence-corrected chi connectivity index (χ1v) is 8.25. The van der Waals surface area contributed by atoms with Crippen molar-refractivity contribution in [3.05, 3.63) is 65.4 Å². The zero-order valence-corrected chi connectivity index (χ0v) is 14.2. The largest absolute Gasteiger partial charge is 0.487 e. The van der Waals surface area contributed by atoms with Crippen LogP contribution < -0.4 is 4.74 Å². The molecule has 0 radical (unpaired) electrons. The minimum Gasteiger partial charge on any atom is -0.487 e. The van der Waals surface area contributed by atoms with E-state index in [1.807, 2.05) is 42.6 Å². The fourth-order valence-electron chi connectivity index (χ4n) is 3.69. The molecule has 0 aliphatic carbocycles. The molecular formula is C21H17N3O. The van der Waals surface area contributed by atoms with Gasteiger partial charge in [0.2, 0.25) is 0 Å². The summed E-state index contributed by atoms with van der Waals surface area (Å²) >= 11 is 0. The Kier molecular flexibility index (Phi) is 3.30. The monoisotopic (exact) mass is 327 g/mol. The SMILES string of the molecule is CC1(C)CC(n2cc(C#N)c3ccccc32)c2cc(C#N)ccc2O1. The smallest absolute Gasteiger partial charge is 0.125 e. The average molecular weight is 327 g/mol. The molecule has 0 fully saturated rings. The van der Waals surface area contributed by atoms with Gasteiger partial charge in [-0.1, -0.05) is 18.2 Å². The summed E-state index contributed by atoms with van der Waals surface area (Å²) in [4.78, 5) is 0. The van der Waals surface area contributed by atoms with Crippen molar-refractivity contribution >= 4 is 10.9 Å². The molecule has 2 aromatic carbocycles. The lowest BCUT2D eigenvalue weighted by Crippen LogP contribution is -2.36. The Morgan fingerprint density at radius 1 is 1.12 bits per heavy atom. The highest BCUT2D eigenvalue weighted by Gasteiger charge is 2.35. The van der Waals surface area contributed by atoms with Gasteiger partial charge in [0.15, 0.2) is 0 Å². The molecule has 2 heterocycles. The highest BCUT2D eigenvalue weighted by atomic mass is 16.5. The summed E-state index contributed by atoms with van der Waals surface area (Å²) in [5.74, 6) is 0.802. The van der Waals surface area contributed by atoms with Gasteiger partial charge in [0.1, 0.15) is 17.4 Å². The van der Waals surface area contributed by atoms with Gasteiger partial charge in [-0.25, -0.2) is 0 Å². The van der Waals surface area contributed by atoms with Crippen molar-refractivity contribution in [3.63, 3.8) is 0 Å². The van der Waals surface area contributed by atoms with E-state index in [1.54, 1.807) is 6.07 Å². The molecule has 3 aromatic rings. The van der Waals surface area contributed by atoms with Gasteiger partial charge in [0.05, 0.1) is 23.2 Å². The maximum Gasteiger partial charge on any atom is 0.125 e. The predicted molar refractivity (Wildman–Crippen MR) is 95.3 cm³/mol. The first-order chi connectivity index (χ1) is 12.0. The van der Waals surface area contributed by atoms with Crippen molar-refractivity contribution in [3.8, 4) is 17.9 Å². The molecule has 0 spiro atoms. The van der Waals surface area contributed by atoms with Crippen molar-refractivity contribution < 1.29 is 4.74 Å². The number of para-hydroxylation sites is 1. The van der Waals surface area contributed by atoms with Gasteiger partial charge < -0.3 is 9.30 Å². The van der Waals surface area contributed by atoms with Crippen LogP contribution >= 0.6 is 0 Å². The number of hydrogen-bond acceptors (Lipinski definition) is 3. The molecule has 0 saturated carbocycles. The number of benzene rings is 2. The van der Waals surface area contributed by atoms with Crippen LogP contribution in [0.5, 0.6) is 5.75 Å². The molecule has 4 rings (SSSR count). The Hall–Kier alpha value is -3.24. The number of nitriles is 2. The van der Waals surface area contributed by atoms with E-state index in [-0.39, 0.29) is 11.6 Å². The highest BCUT2D eigenvalue weighted by molar-refractivity contribution is 5.86. The van der Waals surface area contributed by atoms with E-state index >= 15 is 0 Å². The van der Waals surface area contributed by atoms with Gasteiger partial charge in [0, 0.05) is 29.1 Å². The average Bonchev–Trinajstić information content (AvgIpc) is 2.99. The highest BCUT2D eigenvalue weighted by Crippen LogP contribution is 2.43. The van der Waals surface area contributed by atoms with Crippen LogP contribution in [0.3, 0.4) is 0 Å². The summed E-state index contributed by atoms with van der Waals surface area (Å²) in [7, 11) is 0. The van der Waals surface area contributed by atoms with Crippen molar-refractivity contribution in [1.29, 1.82) is 10.5 Å². The Morgan fingerprint density at radius 3 is 2.68 bits per heavy atom. The fraction of sp³-hybridized carbons (Fsp3) is 0.238. The summed E-state index contributed by atoms with van der Waals surface area (Å²) in [6, 6.07) is 18.0. The Balaban J connectivity index is 1.98. The molecule has 122 valence electrons. The zero-order valence-electron chi connectivity index (χ0n) is 14.2. The van der Waals surface area contributed by atoms with Crippen molar-refractivity contribution in [2.24, 2.45) is 0 Å². The van der Waals surface area contributed by atoms with Gasteiger partial charge in [-0.15, -0.1) is 0 Å². The first-order valence-electron chi connectivity index (χ1n) is 8.25. The van der Waals surface area contributed by atoms with E-state index in [0.717, 1.165) is 28.6 Å². The Labute approximate surface area is 146 Å². The van der Waals surface area contributed by atoms with Crippen LogP contribution in [0.4, 0.5) is 0 Å².